The number of aliphatic hydroxyl groups excluding tert-OH is 1. The molecular weight excluding hydrogens is 248 g/mol. The van der Waals surface area contributed by atoms with Crippen LogP contribution in [0.5, 0.6) is 0 Å². The van der Waals surface area contributed by atoms with Gasteiger partial charge in [-0.2, -0.15) is 5.10 Å². The highest BCUT2D eigenvalue weighted by atomic mass is 16.6. The number of hydrogen-bond acceptors (Lipinski definition) is 5. The van der Waals surface area contributed by atoms with Crippen LogP contribution >= 0.6 is 0 Å². The van der Waals surface area contributed by atoms with E-state index in [0.29, 0.717) is 24.6 Å². The summed E-state index contributed by atoms with van der Waals surface area (Å²) < 4.78 is 1.70. The fraction of sp³-hybridized carbons (Fsp3) is 0.750. The lowest BCUT2D eigenvalue weighted by Crippen LogP contribution is -2.39. The molecular formula is C12H20N4O3. The highest BCUT2D eigenvalue weighted by molar-refractivity contribution is 5.61. The third-order valence-electron chi connectivity index (χ3n) is 3.38. The highest BCUT2D eigenvalue weighted by Crippen LogP contribution is 2.33. The Morgan fingerprint density at radius 2 is 2.32 bits per heavy atom. The molecule has 1 aliphatic rings. The van der Waals surface area contributed by atoms with E-state index in [2.05, 4.69) is 5.10 Å². The molecule has 0 aromatic carbocycles. The summed E-state index contributed by atoms with van der Waals surface area (Å²) in [6.45, 7) is 5.49. The molecule has 0 aliphatic carbocycles. The van der Waals surface area contributed by atoms with Crippen molar-refractivity contribution in [3.63, 3.8) is 0 Å². The summed E-state index contributed by atoms with van der Waals surface area (Å²) in [5, 5.41) is 25.3. The first-order valence-corrected chi connectivity index (χ1v) is 6.69. The van der Waals surface area contributed by atoms with Gasteiger partial charge < -0.3 is 10.0 Å². The van der Waals surface area contributed by atoms with Crippen LogP contribution in [0.2, 0.25) is 0 Å². The zero-order valence-electron chi connectivity index (χ0n) is 11.4. The van der Waals surface area contributed by atoms with Crippen molar-refractivity contribution in [1.82, 2.24) is 9.78 Å². The first-order valence-electron chi connectivity index (χ1n) is 6.69. The molecule has 2 heterocycles. The van der Waals surface area contributed by atoms with Crippen LogP contribution < -0.4 is 4.90 Å². The molecule has 0 bridgehead atoms. The summed E-state index contributed by atoms with van der Waals surface area (Å²) in [5.74, 6) is 0.545. The molecule has 0 radical (unpaired) electrons. The minimum absolute atomic E-state index is 0.0718. The summed E-state index contributed by atoms with van der Waals surface area (Å²) in [5.41, 5.74) is 0.510. The number of nitro groups is 1. The van der Waals surface area contributed by atoms with E-state index in [-0.39, 0.29) is 10.6 Å². The van der Waals surface area contributed by atoms with Crippen LogP contribution in [0.15, 0.2) is 0 Å². The Morgan fingerprint density at radius 3 is 2.89 bits per heavy atom. The van der Waals surface area contributed by atoms with Gasteiger partial charge in [0.05, 0.1) is 11.0 Å². The van der Waals surface area contributed by atoms with Crippen LogP contribution in [0.1, 0.15) is 31.9 Å². The average molecular weight is 268 g/mol. The molecule has 7 heteroatoms. The monoisotopic (exact) mass is 268 g/mol. The number of β-amino-alcohol motifs (C(OH)–C–C–N with tert-alkyl or cyclic N) is 1. The van der Waals surface area contributed by atoms with Gasteiger partial charge in [0.1, 0.15) is 5.69 Å². The van der Waals surface area contributed by atoms with Gasteiger partial charge in [-0.3, -0.25) is 10.1 Å². The number of aromatic nitrogens is 2. The molecule has 0 amide bonds. The average Bonchev–Trinajstić information content (AvgIpc) is 2.66. The van der Waals surface area contributed by atoms with Crippen molar-refractivity contribution < 1.29 is 10.0 Å². The van der Waals surface area contributed by atoms with E-state index in [1.165, 1.54) is 0 Å². The van der Waals surface area contributed by atoms with Crippen molar-refractivity contribution in [1.29, 1.82) is 0 Å². The smallest absolute Gasteiger partial charge is 0.333 e. The van der Waals surface area contributed by atoms with Crippen molar-refractivity contribution in [2.45, 2.75) is 45.8 Å². The van der Waals surface area contributed by atoms with Gasteiger partial charge in [0.25, 0.3) is 0 Å². The standard InChI is InChI=1S/C12H20N4O3/c1-3-6-15-12(11(16(18)19)9(2)13-15)14-7-4-5-10(17)8-14/h10,17H,3-8H2,1-2H3/t10-/m0/s1. The summed E-state index contributed by atoms with van der Waals surface area (Å²) >= 11 is 0. The van der Waals surface area contributed by atoms with E-state index in [1.54, 1.807) is 11.6 Å². The fourth-order valence-corrected chi connectivity index (χ4v) is 2.60. The molecule has 0 saturated carbocycles. The maximum Gasteiger partial charge on any atom is 0.333 e. The van der Waals surface area contributed by atoms with E-state index in [0.717, 1.165) is 25.8 Å². The lowest BCUT2D eigenvalue weighted by Gasteiger charge is -2.31. The minimum Gasteiger partial charge on any atom is -0.391 e. The predicted octanol–water partition coefficient (Wildman–Crippen LogP) is 1.47. The molecule has 0 spiro atoms. The van der Waals surface area contributed by atoms with E-state index >= 15 is 0 Å². The van der Waals surface area contributed by atoms with Crippen molar-refractivity contribution in [2.75, 3.05) is 18.0 Å². The third-order valence-corrected chi connectivity index (χ3v) is 3.38. The van der Waals surface area contributed by atoms with Gasteiger partial charge in [-0.25, -0.2) is 4.68 Å². The number of nitrogens with zero attached hydrogens (tertiary/aromatic N) is 4. The Hall–Kier alpha value is -1.63. The SMILES string of the molecule is CCCn1nc(C)c([N+](=O)[O-])c1N1CCC[C@H](O)C1. The van der Waals surface area contributed by atoms with Crippen LogP contribution in [0, 0.1) is 17.0 Å². The van der Waals surface area contributed by atoms with Crippen LogP contribution in [0.3, 0.4) is 0 Å². The summed E-state index contributed by atoms with van der Waals surface area (Å²) in [4.78, 5) is 12.8. The largest absolute Gasteiger partial charge is 0.391 e. The second kappa shape index (κ2) is 5.56. The lowest BCUT2D eigenvalue weighted by molar-refractivity contribution is -0.384. The molecule has 0 unspecified atom stereocenters. The normalized spacial score (nSPS) is 19.7. The maximum absolute atomic E-state index is 11.2. The first kappa shape index (κ1) is 13.8. The molecule has 7 nitrogen and oxygen atoms in total. The van der Waals surface area contributed by atoms with Crippen LogP contribution in [0.4, 0.5) is 11.5 Å². The van der Waals surface area contributed by atoms with Crippen LogP contribution in [0.25, 0.3) is 0 Å². The van der Waals surface area contributed by atoms with Gasteiger partial charge in [-0.1, -0.05) is 6.92 Å². The first-order chi connectivity index (χ1) is 9.04. The van der Waals surface area contributed by atoms with E-state index in [4.69, 9.17) is 0 Å². The molecule has 1 fully saturated rings. The predicted molar refractivity (Wildman–Crippen MR) is 71.4 cm³/mol. The number of rotatable bonds is 4. The molecule has 1 N–H and O–H groups in total. The zero-order valence-corrected chi connectivity index (χ0v) is 11.4. The van der Waals surface area contributed by atoms with Gasteiger partial charge >= 0.3 is 5.69 Å². The van der Waals surface area contributed by atoms with Crippen molar-refractivity contribution in [2.24, 2.45) is 0 Å². The molecule has 19 heavy (non-hydrogen) atoms. The molecule has 2 rings (SSSR count). The number of anilines is 1. The molecule has 106 valence electrons. The van der Waals surface area contributed by atoms with Crippen LogP contribution in [-0.4, -0.2) is 39.0 Å². The minimum atomic E-state index is -0.418. The molecule has 1 aliphatic heterocycles. The van der Waals surface area contributed by atoms with Crippen molar-refractivity contribution in [3.05, 3.63) is 15.8 Å². The fourth-order valence-electron chi connectivity index (χ4n) is 2.60. The Bertz CT molecular complexity index is 472. The van der Waals surface area contributed by atoms with Gasteiger partial charge in [0.2, 0.25) is 5.82 Å². The molecule has 1 aromatic rings. The number of aryl methyl sites for hydroxylation is 2. The molecule has 1 atom stereocenters. The number of aliphatic hydroxyl groups is 1. The lowest BCUT2D eigenvalue weighted by atomic mass is 10.1. The van der Waals surface area contributed by atoms with Gasteiger partial charge in [-0.05, 0) is 26.2 Å². The second-order valence-electron chi connectivity index (χ2n) is 4.98. The van der Waals surface area contributed by atoms with E-state index in [1.807, 2.05) is 11.8 Å². The Labute approximate surface area is 112 Å². The Morgan fingerprint density at radius 1 is 1.58 bits per heavy atom. The van der Waals surface area contributed by atoms with Crippen molar-refractivity contribution >= 4 is 11.5 Å². The second-order valence-corrected chi connectivity index (χ2v) is 4.98. The topological polar surface area (TPSA) is 84.4 Å². The molecule has 1 aromatic heterocycles. The van der Waals surface area contributed by atoms with Gasteiger partial charge in [0.15, 0.2) is 0 Å². The summed E-state index contributed by atoms with van der Waals surface area (Å²) in [7, 11) is 0. The number of hydrogen-bond donors (Lipinski definition) is 1. The van der Waals surface area contributed by atoms with E-state index in [9.17, 15) is 15.2 Å². The van der Waals surface area contributed by atoms with Gasteiger partial charge in [0, 0.05) is 19.6 Å². The highest BCUT2D eigenvalue weighted by Gasteiger charge is 2.31. The summed E-state index contributed by atoms with van der Waals surface area (Å²) in [6, 6.07) is 0. The van der Waals surface area contributed by atoms with Crippen molar-refractivity contribution in [3.8, 4) is 0 Å². The molecule has 1 saturated heterocycles. The number of piperidine rings is 1. The van der Waals surface area contributed by atoms with Gasteiger partial charge in [-0.15, -0.1) is 0 Å². The quantitative estimate of drug-likeness (QED) is 0.660. The van der Waals surface area contributed by atoms with Crippen LogP contribution in [-0.2, 0) is 6.54 Å². The zero-order chi connectivity index (χ0) is 14.0. The maximum atomic E-state index is 11.2. The Kier molecular flexibility index (Phi) is 4.04. The third kappa shape index (κ3) is 2.70. The van der Waals surface area contributed by atoms with E-state index < -0.39 is 6.10 Å². The summed E-state index contributed by atoms with van der Waals surface area (Å²) in [6.07, 6.45) is 2.04. The Balaban J connectivity index is 2.42.